The Hall–Kier alpha value is -2.95. The second-order valence-electron chi connectivity index (χ2n) is 5.61. The molecule has 0 unspecified atom stereocenters. The number of ketones is 1. The Bertz CT molecular complexity index is 836. The number of carbonyl (C=O) groups excluding carboxylic acids is 1. The zero-order valence-corrected chi connectivity index (χ0v) is 12.8. The van der Waals surface area contributed by atoms with Crippen molar-refractivity contribution < 1.29 is 4.79 Å². The first-order valence-corrected chi connectivity index (χ1v) is 7.59. The normalized spacial score (nSPS) is 17.3. The van der Waals surface area contributed by atoms with Gasteiger partial charge in [-0.05, 0) is 31.2 Å². The highest BCUT2D eigenvalue weighted by Crippen LogP contribution is 2.29. The first-order chi connectivity index (χ1) is 11.2. The predicted molar refractivity (Wildman–Crippen MR) is 89.6 cm³/mol. The van der Waals surface area contributed by atoms with E-state index in [-0.39, 0.29) is 5.78 Å². The average molecular weight is 304 g/mol. The third-order valence-corrected chi connectivity index (χ3v) is 4.03. The molecule has 3 heterocycles. The van der Waals surface area contributed by atoms with Gasteiger partial charge >= 0.3 is 0 Å². The summed E-state index contributed by atoms with van der Waals surface area (Å²) in [5, 5.41) is 3.35. The smallest absolute Gasteiger partial charge is 0.191 e. The summed E-state index contributed by atoms with van der Waals surface area (Å²) in [6, 6.07) is 11.7. The van der Waals surface area contributed by atoms with E-state index in [0.29, 0.717) is 5.56 Å². The van der Waals surface area contributed by atoms with E-state index in [2.05, 4.69) is 20.2 Å². The van der Waals surface area contributed by atoms with Crippen LogP contribution in [0, 0.1) is 6.92 Å². The molecule has 0 spiro atoms. The van der Waals surface area contributed by atoms with Crippen molar-refractivity contribution in [2.45, 2.75) is 6.92 Å². The maximum absolute atomic E-state index is 12.5. The molecule has 1 aromatic carbocycles. The molecular weight excluding hydrogens is 288 g/mol. The third kappa shape index (κ3) is 2.40. The molecule has 2 aliphatic heterocycles. The van der Waals surface area contributed by atoms with Gasteiger partial charge in [0.2, 0.25) is 0 Å². The van der Waals surface area contributed by atoms with E-state index in [1.807, 2.05) is 37.3 Å². The Labute approximate surface area is 134 Å². The van der Waals surface area contributed by atoms with Crippen molar-refractivity contribution in [3.63, 3.8) is 0 Å². The summed E-state index contributed by atoms with van der Waals surface area (Å²) in [5.41, 5.74) is 3.53. The molecule has 0 saturated carbocycles. The summed E-state index contributed by atoms with van der Waals surface area (Å²) in [6.45, 7) is 3.42. The van der Waals surface area contributed by atoms with Crippen LogP contribution in [0.2, 0.25) is 0 Å². The van der Waals surface area contributed by atoms with Gasteiger partial charge in [0.25, 0.3) is 0 Å². The number of para-hydroxylation sites is 1. The molecule has 5 heteroatoms. The molecule has 1 aromatic heterocycles. The van der Waals surface area contributed by atoms with Crippen LogP contribution in [0.4, 0.5) is 5.69 Å². The molecule has 5 nitrogen and oxygen atoms in total. The number of aliphatic imine (C=N–C) groups is 1. The summed E-state index contributed by atoms with van der Waals surface area (Å²) < 4.78 is 0. The average Bonchev–Trinajstić information content (AvgIpc) is 3.06. The fourth-order valence-corrected chi connectivity index (χ4v) is 2.84. The number of fused-ring (bicyclic) bond motifs is 3. The van der Waals surface area contributed by atoms with Gasteiger partial charge in [-0.1, -0.05) is 12.1 Å². The summed E-state index contributed by atoms with van der Waals surface area (Å²) in [4.78, 5) is 23.3. The van der Waals surface area contributed by atoms with Crippen molar-refractivity contribution in [2.75, 3.05) is 18.4 Å². The van der Waals surface area contributed by atoms with Gasteiger partial charge in [0.1, 0.15) is 11.7 Å². The SMILES string of the molecule is Cc1ccc(C(=O)/C=C2\Nc3ccccc3C3=NCCN32)cn1. The fraction of sp³-hybridized carbons (Fsp3) is 0.167. The molecule has 0 atom stereocenters. The first-order valence-electron chi connectivity index (χ1n) is 7.59. The number of nitrogens with one attached hydrogen (secondary N) is 1. The number of aromatic nitrogens is 1. The van der Waals surface area contributed by atoms with Gasteiger partial charge in [-0.25, -0.2) is 0 Å². The topological polar surface area (TPSA) is 57.6 Å². The van der Waals surface area contributed by atoms with Gasteiger partial charge in [0.05, 0.1) is 12.2 Å². The first kappa shape index (κ1) is 13.7. The third-order valence-electron chi connectivity index (χ3n) is 4.03. The summed E-state index contributed by atoms with van der Waals surface area (Å²) in [5.74, 6) is 1.64. The number of carbonyl (C=O) groups is 1. The van der Waals surface area contributed by atoms with Gasteiger partial charge < -0.3 is 10.2 Å². The Morgan fingerprint density at radius 2 is 2.13 bits per heavy atom. The van der Waals surface area contributed by atoms with Crippen LogP contribution in [-0.4, -0.2) is 34.6 Å². The van der Waals surface area contributed by atoms with Crippen molar-refractivity contribution in [3.8, 4) is 0 Å². The Morgan fingerprint density at radius 3 is 2.96 bits per heavy atom. The van der Waals surface area contributed by atoms with Crippen LogP contribution in [0.1, 0.15) is 21.6 Å². The minimum absolute atomic E-state index is 0.0642. The zero-order valence-electron chi connectivity index (χ0n) is 12.8. The van der Waals surface area contributed by atoms with Gasteiger partial charge in [-0.3, -0.25) is 14.8 Å². The van der Waals surface area contributed by atoms with Crippen LogP contribution in [0.5, 0.6) is 0 Å². The molecule has 0 fully saturated rings. The van der Waals surface area contributed by atoms with Gasteiger partial charge in [0, 0.05) is 35.6 Å². The molecule has 0 amide bonds. The van der Waals surface area contributed by atoms with Gasteiger partial charge in [0.15, 0.2) is 5.78 Å². The van der Waals surface area contributed by atoms with E-state index < -0.39 is 0 Å². The highest BCUT2D eigenvalue weighted by atomic mass is 16.1. The number of hydrogen-bond donors (Lipinski definition) is 1. The van der Waals surface area contributed by atoms with Gasteiger partial charge in [-0.15, -0.1) is 0 Å². The minimum Gasteiger partial charge on any atom is -0.341 e. The number of amidine groups is 1. The summed E-state index contributed by atoms with van der Waals surface area (Å²) in [7, 11) is 0. The molecule has 0 saturated heterocycles. The van der Waals surface area contributed by atoms with Crippen molar-refractivity contribution in [3.05, 3.63) is 71.3 Å². The lowest BCUT2D eigenvalue weighted by atomic mass is 10.1. The van der Waals surface area contributed by atoms with E-state index in [1.54, 1.807) is 18.3 Å². The van der Waals surface area contributed by atoms with E-state index in [9.17, 15) is 4.79 Å². The van der Waals surface area contributed by atoms with Gasteiger partial charge in [-0.2, -0.15) is 0 Å². The van der Waals surface area contributed by atoms with Crippen LogP contribution in [0.3, 0.4) is 0 Å². The highest BCUT2D eigenvalue weighted by Gasteiger charge is 2.29. The number of pyridine rings is 1. The van der Waals surface area contributed by atoms with E-state index in [0.717, 1.165) is 41.7 Å². The molecule has 2 aliphatic rings. The number of allylic oxidation sites excluding steroid dienone is 1. The molecule has 2 aromatic rings. The zero-order chi connectivity index (χ0) is 15.8. The number of aryl methyl sites for hydroxylation is 1. The lowest BCUT2D eigenvalue weighted by Gasteiger charge is -2.31. The van der Waals surface area contributed by atoms with E-state index in [4.69, 9.17) is 0 Å². The number of anilines is 1. The van der Waals surface area contributed by atoms with Crippen LogP contribution in [0.15, 0.2) is 59.5 Å². The standard InChI is InChI=1S/C18H16N4O/c1-12-6-7-13(11-20-12)16(23)10-17-21-15-5-3-2-4-14(15)18-19-8-9-22(17)18/h2-7,10-11,21H,8-9H2,1H3/b17-10+. The highest BCUT2D eigenvalue weighted by molar-refractivity contribution is 6.10. The van der Waals surface area contributed by atoms with Crippen LogP contribution in [0.25, 0.3) is 0 Å². The molecule has 0 bridgehead atoms. The second-order valence-corrected chi connectivity index (χ2v) is 5.61. The Balaban J connectivity index is 1.71. The van der Waals surface area contributed by atoms with Crippen molar-refractivity contribution in [1.29, 1.82) is 0 Å². The number of benzene rings is 1. The van der Waals surface area contributed by atoms with Crippen LogP contribution < -0.4 is 5.32 Å². The lowest BCUT2D eigenvalue weighted by molar-refractivity contribution is 0.104. The number of hydrogen-bond acceptors (Lipinski definition) is 5. The molecule has 4 rings (SSSR count). The Kier molecular flexibility index (Phi) is 3.19. The molecular formula is C18H16N4O. The van der Waals surface area contributed by atoms with E-state index >= 15 is 0 Å². The summed E-state index contributed by atoms with van der Waals surface area (Å²) >= 11 is 0. The fourth-order valence-electron chi connectivity index (χ4n) is 2.84. The molecule has 114 valence electrons. The van der Waals surface area contributed by atoms with Crippen LogP contribution in [-0.2, 0) is 0 Å². The number of nitrogens with zero attached hydrogens (tertiary/aromatic N) is 3. The van der Waals surface area contributed by atoms with Crippen LogP contribution >= 0.6 is 0 Å². The molecule has 0 radical (unpaired) electrons. The van der Waals surface area contributed by atoms with Crippen molar-refractivity contribution in [2.24, 2.45) is 4.99 Å². The maximum atomic E-state index is 12.5. The summed E-state index contributed by atoms with van der Waals surface area (Å²) in [6.07, 6.45) is 3.24. The number of rotatable bonds is 2. The van der Waals surface area contributed by atoms with Crippen molar-refractivity contribution >= 4 is 17.3 Å². The van der Waals surface area contributed by atoms with Crippen molar-refractivity contribution in [1.82, 2.24) is 9.88 Å². The second kappa shape index (κ2) is 5.35. The van der Waals surface area contributed by atoms with E-state index in [1.165, 1.54) is 0 Å². The monoisotopic (exact) mass is 304 g/mol. The Morgan fingerprint density at radius 1 is 1.26 bits per heavy atom. The molecule has 23 heavy (non-hydrogen) atoms. The molecule has 0 aliphatic carbocycles. The lowest BCUT2D eigenvalue weighted by Crippen LogP contribution is -2.36. The minimum atomic E-state index is -0.0642. The maximum Gasteiger partial charge on any atom is 0.191 e. The quantitative estimate of drug-likeness (QED) is 0.684. The molecule has 1 N–H and O–H groups in total. The predicted octanol–water partition coefficient (Wildman–Crippen LogP) is 2.60. The largest absolute Gasteiger partial charge is 0.341 e.